The number of benzene rings is 1. The van der Waals surface area contributed by atoms with Gasteiger partial charge in [-0.25, -0.2) is 14.8 Å². The molecule has 13 nitrogen and oxygen atoms in total. The van der Waals surface area contributed by atoms with E-state index in [2.05, 4.69) is 9.88 Å². The molecule has 0 aliphatic carbocycles. The first-order valence-corrected chi connectivity index (χ1v) is 13.4. The van der Waals surface area contributed by atoms with Crippen molar-refractivity contribution in [2.45, 2.75) is 13.0 Å². The number of morpholine rings is 1. The Hall–Kier alpha value is -3.75. The topological polar surface area (TPSA) is 126 Å². The van der Waals surface area contributed by atoms with Gasteiger partial charge in [-0.3, -0.25) is 28.5 Å². The van der Waals surface area contributed by atoms with Crippen molar-refractivity contribution in [1.82, 2.24) is 28.6 Å². The molecule has 4 heterocycles. The van der Waals surface area contributed by atoms with E-state index in [0.29, 0.717) is 41.9 Å². The molecule has 1 saturated heterocycles. The Kier molecular flexibility index (Phi) is 7.68. The average Bonchev–Trinajstić information content (AvgIpc) is 3.58. The zero-order valence-corrected chi connectivity index (χ0v) is 23.2. The summed E-state index contributed by atoms with van der Waals surface area (Å²) in [5.74, 6) is 0.962. The highest BCUT2D eigenvalue weighted by molar-refractivity contribution is 7.22. The van der Waals surface area contributed by atoms with Crippen LogP contribution in [-0.2, 0) is 30.2 Å². The summed E-state index contributed by atoms with van der Waals surface area (Å²) in [6, 6.07) is 3.60. The van der Waals surface area contributed by atoms with Crippen molar-refractivity contribution >= 4 is 43.8 Å². The van der Waals surface area contributed by atoms with Crippen LogP contribution < -0.4 is 25.6 Å². The van der Waals surface area contributed by atoms with Crippen molar-refractivity contribution in [3.8, 4) is 11.5 Å². The lowest BCUT2D eigenvalue weighted by molar-refractivity contribution is -0.119. The van der Waals surface area contributed by atoms with E-state index in [9.17, 15) is 14.4 Å². The molecule has 4 aromatic rings. The predicted molar refractivity (Wildman–Crippen MR) is 147 cm³/mol. The number of fused-ring (bicyclic) bond motifs is 2. The fraction of sp³-hybridized carbons (Fsp3) is 0.480. The number of methoxy groups -OCH3 is 2. The van der Waals surface area contributed by atoms with Gasteiger partial charge in [0.15, 0.2) is 16.3 Å². The molecule has 5 rings (SSSR count). The Morgan fingerprint density at radius 1 is 1.10 bits per heavy atom. The summed E-state index contributed by atoms with van der Waals surface area (Å²) in [6.45, 7) is 4.19. The van der Waals surface area contributed by atoms with Gasteiger partial charge >= 0.3 is 5.69 Å². The number of hydrogen-bond acceptors (Lipinski definition) is 10. The predicted octanol–water partition coefficient (Wildman–Crippen LogP) is 0.816. The normalized spacial score (nSPS) is 14.3. The Morgan fingerprint density at radius 3 is 2.54 bits per heavy atom. The molecule has 0 bridgehead atoms. The highest BCUT2D eigenvalue weighted by Gasteiger charge is 2.25. The fourth-order valence-electron chi connectivity index (χ4n) is 4.74. The van der Waals surface area contributed by atoms with Crippen LogP contribution in [0.5, 0.6) is 11.5 Å². The third kappa shape index (κ3) is 5.02. The van der Waals surface area contributed by atoms with E-state index in [4.69, 9.17) is 19.2 Å². The van der Waals surface area contributed by atoms with Gasteiger partial charge in [0.05, 0.1) is 33.8 Å². The van der Waals surface area contributed by atoms with Gasteiger partial charge in [0.1, 0.15) is 28.3 Å². The molecular formula is C25H31N7O6S. The van der Waals surface area contributed by atoms with Crippen molar-refractivity contribution in [2.24, 2.45) is 14.1 Å². The van der Waals surface area contributed by atoms with Gasteiger partial charge in [-0.1, -0.05) is 11.3 Å². The molecule has 0 unspecified atom stereocenters. The van der Waals surface area contributed by atoms with Crippen LogP contribution >= 0.6 is 11.3 Å². The zero-order chi connectivity index (χ0) is 27.7. The largest absolute Gasteiger partial charge is 0.495 e. The first-order valence-electron chi connectivity index (χ1n) is 12.6. The van der Waals surface area contributed by atoms with Crippen molar-refractivity contribution in [3.63, 3.8) is 0 Å². The number of aryl methyl sites for hydroxylation is 1. The lowest BCUT2D eigenvalue weighted by Gasteiger charge is -2.27. The van der Waals surface area contributed by atoms with E-state index in [1.165, 1.54) is 33.8 Å². The molecular weight excluding hydrogens is 526 g/mol. The Bertz CT molecular complexity index is 1590. The monoisotopic (exact) mass is 557 g/mol. The van der Waals surface area contributed by atoms with Crippen molar-refractivity contribution in [1.29, 1.82) is 0 Å². The van der Waals surface area contributed by atoms with E-state index in [-0.39, 0.29) is 23.6 Å². The number of thiazole rings is 1. The number of carbonyl (C=O) groups is 1. The van der Waals surface area contributed by atoms with Crippen LogP contribution in [0.3, 0.4) is 0 Å². The minimum absolute atomic E-state index is 0.147. The van der Waals surface area contributed by atoms with Gasteiger partial charge in [0.25, 0.3) is 5.56 Å². The Morgan fingerprint density at radius 2 is 1.82 bits per heavy atom. The molecule has 3 aromatic heterocycles. The second-order valence-corrected chi connectivity index (χ2v) is 10.2. The quantitative estimate of drug-likeness (QED) is 0.294. The van der Waals surface area contributed by atoms with Gasteiger partial charge < -0.3 is 18.8 Å². The number of nitrogens with zero attached hydrogens (tertiary/aromatic N) is 7. The lowest BCUT2D eigenvalue weighted by Crippen LogP contribution is -2.40. The van der Waals surface area contributed by atoms with E-state index in [1.807, 2.05) is 6.07 Å². The van der Waals surface area contributed by atoms with Crippen LogP contribution in [0.2, 0.25) is 0 Å². The number of rotatable bonds is 9. The van der Waals surface area contributed by atoms with Crippen molar-refractivity contribution < 1.29 is 19.0 Å². The fourth-order valence-corrected chi connectivity index (χ4v) is 5.86. The summed E-state index contributed by atoms with van der Waals surface area (Å²) >= 11 is 1.35. The molecule has 0 radical (unpaired) electrons. The summed E-state index contributed by atoms with van der Waals surface area (Å²) in [5.41, 5.74) is 0.0378. The number of hydrogen-bond donors (Lipinski definition) is 0. The molecule has 1 fully saturated rings. The number of imidazole rings is 1. The highest BCUT2D eigenvalue weighted by Crippen LogP contribution is 2.40. The summed E-state index contributed by atoms with van der Waals surface area (Å²) in [5, 5.41) is 0.504. The lowest BCUT2D eigenvalue weighted by atomic mass is 10.3. The van der Waals surface area contributed by atoms with E-state index < -0.39 is 11.2 Å². The van der Waals surface area contributed by atoms with Crippen LogP contribution in [0.4, 0.5) is 5.13 Å². The zero-order valence-electron chi connectivity index (χ0n) is 22.4. The Balaban J connectivity index is 1.50. The first kappa shape index (κ1) is 26.8. The molecule has 0 N–H and O–H groups in total. The van der Waals surface area contributed by atoms with Gasteiger partial charge in [0.2, 0.25) is 5.91 Å². The molecule has 39 heavy (non-hydrogen) atoms. The van der Waals surface area contributed by atoms with E-state index >= 15 is 0 Å². The molecule has 1 aromatic carbocycles. The first-order chi connectivity index (χ1) is 18.8. The van der Waals surface area contributed by atoms with Crippen LogP contribution in [0.15, 0.2) is 28.0 Å². The maximum Gasteiger partial charge on any atom is 0.332 e. The van der Waals surface area contributed by atoms with E-state index in [1.54, 1.807) is 32.2 Å². The molecule has 0 spiro atoms. The second-order valence-electron chi connectivity index (χ2n) is 9.25. The van der Waals surface area contributed by atoms with Gasteiger partial charge in [-0.15, -0.1) is 0 Å². The maximum absolute atomic E-state index is 13.8. The standard InChI is InChI=1S/C25H31N7O6S/c1-28-22-20(23(34)29(2)25(28)35)31(15-26-22)14-18(33)32(9-5-8-30-10-12-38-13-11-30)24-27-19-16(36-3)6-7-17(37-4)21(19)39-24/h6-7,15H,5,8-14H2,1-4H3. The van der Waals surface area contributed by atoms with Crippen molar-refractivity contribution in [3.05, 3.63) is 39.3 Å². The number of anilines is 1. The summed E-state index contributed by atoms with van der Waals surface area (Å²) in [6.07, 6.45) is 2.14. The Labute approximate surface area is 227 Å². The molecule has 1 amide bonds. The van der Waals surface area contributed by atoms with Crippen LogP contribution in [0.1, 0.15) is 6.42 Å². The van der Waals surface area contributed by atoms with Crippen LogP contribution in [0.25, 0.3) is 21.4 Å². The molecule has 0 atom stereocenters. The maximum atomic E-state index is 13.8. The number of amides is 1. The number of aromatic nitrogens is 5. The highest BCUT2D eigenvalue weighted by atomic mass is 32.1. The van der Waals surface area contributed by atoms with Crippen LogP contribution in [0, 0.1) is 0 Å². The van der Waals surface area contributed by atoms with Crippen LogP contribution in [-0.4, -0.2) is 88.1 Å². The second kappa shape index (κ2) is 11.2. The van der Waals surface area contributed by atoms with Gasteiger partial charge in [-0.05, 0) is 18.6 Å². The van der Waals surface area contributed by atoms with E-state index in [0.717, 1.165) is 35.3 Å². The summed E-state index contributed by atoms with van der Waals surface area (Å²) in [4.78, 5) is 52.1. The minimum atomic E-state index is -0.508. The summed E-state index contributed by atoms with van der Waals surface area (Å²) < 4.78 is 21.1. The third-order valence-electron chi connectivity index (χ3n) is 6.91. The smallest absolute Gasteiger partial charge is 0.332 e. The number of carbonyl (C=O) groups excluding carboxylic acids is 1. The molecule has 1 aliphatic heterocycles. The molecule has 208 valence electrons. The average molecular weight is 558 g/mol. The molecule has 14 heteroatoms. The SMILES string of the molecule is COc1ccc(OC)c2sc(N(CCCN3CCOCC3)C(=O)Cn3cnc4c3c(=O)n(C)c(=O)n4C)nc12. The van der Waals surface area contributed by atoms with Gasteiger partial charge in [-0.2, -0.15) is 0 Å². The summed E-state index contributed by atoms with van der Waals surface area (Å²) in [7, 11) is 6.11. The van der Waals surface area contributed by atoms with Gasteiger partial charge in [0, 0.05) is 40.3 Å². The van der Waals surface area contributed by atoms with Crippen molar-refractivity contribution in [2.75, 3.05) is 58.5 Å². The number of ether oxygens (including phenoxy) is 3. The third-order valence-corrected chi connectivity index (χ3v) is 8.01. The molecule has 0 saturated carbocycles. The molecule has 1 aliphatic rings. The minimum Gasteiger partial charge on any atom is -0.495 e.